The first-order valence-corrected chi connectivity index (χ1v) is 8.79. The summed E-state index contributed by atoms with van der Waals surface area (Å²) in [5.41, 5.74) is 2.69. The zero-order chi connectivity index (χ0) is 18.5. The molecule has 134 valence electrons. The van der Waals surface area contributed by atoms with Crippen molar-refractivity contribution in [3.63, 3.8) is 0 Å². The van der Waals surface area contributed by atoms with Crippen LogP contribution in [-0.4, -0.2) is 16.1 Å². The second-order valence-corrected chi connectivity index (χ2v) is 6.76. The number of carbonyl (C=O) groups excluding carboxylic acids is 1. The van der Waals surface area contributed by atoms with Crippen LogP contribution in [-0.2, 0) is 0 Å². The van der Waals surface area contributed by atoms with Gasteiger partial charge in [0.25, 0.3) is 5.91 Å². The van der Waals surface area contributed by atoms with Crippen molar-refractivity contribution in [1.29, 1.82) is 0 Å². The molecule has 0 saturated carbocycles. The number of nitrogens with zero attached hydrogens (tertiary/aromatic N) is 2. The average Bonchev–Trinajstić information content (AvgIpc) is 3.08. The van der Waals surface area contributed by atoms with Crippen molar-refractivity contribution in [1.82, 2.24) is 15.5 Å². The Morgan fingerprint density at radius 2 is 1.77 bits per heavy atom. The summed E-state index contributed by atoms with van der Waals surface area (Å²) in [6, 6.07) is 17.3. The van der Waals surface area contributed by atoms with Gasteiger partial charge in [0.1, 0.15) is 6.04 Å². The molecule has 0 aliphatic heterocycles. The van der Waals surface area contributed by atoms with Crippen LogP contribution >= 0.6 is 0 Å². The van der Waals surface area contributed by atoms with E-state index in [1.165, 1.54) is 0 Å². The van der Waals surface area contributed by atoms with Gasteiger partial charge in [0.2, 0.25) is 11.8 Å². The third kappa shape index (κ3) is 4.36. The molecule has 0 fully saturated rings. The molecule has 0 spiro atoms. The minimum absolute atomic E-state index is 0.149. The van der Waals surface area contributed by atoms with E-state index in [1.54, 1.807) is 6.92 Å². The van der Waals surface area contributed by atoms with Crippen LogP contribution in [0.2, 0.25) is 0 Å². The Kier molecular flexibility index (Phi) is 5.46. The number of aromatic nitrogens is 2. The van der Waals surface area contributed by atoms with E-state index in [1.807, 2.05) is 54.6 Å². The lowest BCUT2D eigenvalue weighted by molar-refractivity contribution is 0.0924. The van der Waals surface area contributed by atoms with E-state index in [-0.39, 0.29) is 11.9 Å². The highest BCUT2D eigenvalue weighted by atomic mass is 16.4. The van der Waals surface area contributed by atoms with Gasteiger partial charge in [0, 0.05) is 12.5 Å². The van der Waals surface area contributed by atoms with Crippen LogP contribution in [0, 0.1) is 12.8 Å². The maximum atomic E-state index is 12.8. The molecule has 1 N–H and O–H groups in total. The third-order valence-electron chi connectivity index (χ3n) is 4.08. The quantitative estimate of drug-likeness (QED) is 0.708. The highest BCUT2D eigenvalue weighted by Crippen LogP contribution is 2.23. The maximum absolute atomic E-state index is 12.8. The molecular weight excluding hydrogens is 326 g/mol. The summed E-state index contributed by atoms with van der Waals surface area (Å²) in [6.45, 7) is 5.94. The number of aryl methyl sites for hydroxylation is 1. The minimum Gasteiger partial charge on any atom is -0.423 e. The highest BCUT2D eigenvalue weighted by Gasteiger charge is 2.22. The first-order valence-electron chi connectivity index (χ1n) is 8.79. The van der Waals surface area contributed by atoms with Crippen molar-refractivity contribution < 1.29 is 9.21 Å². The van der Waals surface area contributed by atoms with Crippen LogP contribution < -0.4 is 5.32 Å². The van der Waals surface area contributed by atoms with Gasteiger partial charge < -0.3 is 9.73 Å². The second-order valence-electron chi connectivity index (χ2n) is 6.76. The molecule has 1 aromatic heterocycles. The molecular formula is C21H23N3O2. The fourth-order valence-corrected chi connectivity index (χ4v) is 2.86. The smallest absolute Gasteiger partial charge is 0.251 e. The van der Waals surface area contributed by atoms with Crippen molar-refractivity contribution in [2.75, 3.05) is 0 Å². The summed E-state index contributed by atoms with van der Waals surface area (Å²) in [5.74, 6) is 1.17. The largest absolute Gasteiger partial charge is 0.423 e. The van der Waals surface area contributed by atoms with Crippen molar-refractivity contribution >= 4 is 5.91 Å². The van der Waals surface area contributed by atoms with Crippen LogP contribution in [0.15, 0.2) is 59.0 Å². The van der Waals surface area contributed by atoms with Gasteiger partial charge in [-0.25, -0.2) is 0 Å². The summed E-state index contributed by atoms with van der Waals surface area (Å²) < 4.78 is 5.54. The molecule has 1 atom stereocenters. The van der Waals surface area contributed by atoms with Crippen LogP contribution in [0.3, 0.4) is 0 Å². The Balaban J connectivity index is 1.81. The minimum atomic E-state index is -0.302. The van der Waals surface area contributed by atoms with E-state index in [0.717, 1.165) is 17.5 Å². The number of nitrogens with one attached hydrogen (secondary N) is 1. The molecule has 26 heavy (non-hydrogen) atoms. The van der Waals surface area contributed by atoms with Crippen molar-refractivity contribution in [2.45, 2.75) is 33.2 Å². The summed E-state index contributed by atoms with van der Waals surface area (Å²) in [5, 5.41) is 11.0. The van der Waals surface area contributed by atoms with E-state index in [4.69, 9.17) is 4.42 Å². The summed E-state index contributed by atoms with van der Waals surface area (Å²) in [4.78, 5) is 12.8. The third-order valence-corrected chi connectivity index (χ3v) is 4.08. The van der Waals surface area contributed by atoms with E-state index < -0.39 is 0 Å². The van der Waals surface area contributed by atoms with E-state index in [0.29, 0.717) is 23.3 Å². The molecule has 5 nitrogen and oxygen atoms in total. The Labute approximate surface area is 153 Å². The molecule has 0 bridgehead atoms. The zero-order valence-electron chi connectivity index (χ0n) is 15.3. The molecule has 1 heterocycles. The number of hydrogen-bond acceptors (Lipinski definition) is 4. The van der Waals surface area contributed by atoms with Gasteiger partial charge in [-0.05, 0) is 35.6 Å². The number of carbonyl (C=O) groups is 1. The standard InChI is InChI=1S/C21H23N3O2/c1-14(2)12-19(21-24-23-15(3)26-21)22-20(25)18-11-7-10-17(13-18)16-8-5-4-6-9-16/h4-11,13-14,19H,12H2,1-3H3,(H,22,25). The number of benzene rings is 2. The average molecular weight is 349 g/mol. The van der Waals surface area contributed by atoms with Crippen molar-refractivity contribution in [3.8, 4) is 11.1 Å². The molecule has 1 amide bonds. The summed E-state index contributed by atoms with van der Waals surface area (Å²) in [7, 11) is 0. The highest BCUT2D eigenvalue weighted by molar-refractivity contribution is 5.95. The molecule has 0 aliphatic rings. The molecule has 0 radical (unpaired) electrons. The SMILES string of the molecule is Cc1nnc(C(CC(C)C)NC(=O)c2cccc(-c3ccccc3)c2)o1. The van der Waals surface area contributed by atoms with Crippen LogP contribution in [0.25, 0.3) is 11.1 Å². The number of amides is 1. The van der Waals surface area contributed by atoms with Crippen LogP contribution in [0.5, 0.6) is 0 Å². The van der Waals surface area contributed by atoms with E-state index in [9.17, 15) is 4.79 Å². The van der Waals surface area contributed by atoms with E-state index in [2.05, 4.69) is 29.4 Å². The molecule has 0 saturated heterocycles. The van der Waals surface area contributed by atoms with E-state index >= 15 is 0 Å². The Morgan fingerprint density at radius 3 is 2.42 bits per heavy atom. The molecule has 0 aliphatic carbocycles. The summed E-state index contributed by atoms with van der Waals surface area (Å²) in [6.07, 6.45) is 0.728. The maximum Gasteiger partial charge on any atom is 0.251 e. The molecule has 2 aromatic carbocycles. The fourth-order valence-electron chi connectivity index (χ4n) is 2.86. The van der Waals surface area contributed by atoms with Gasteiger partial charge in [-0.15, -0.1) is 10.2 Å². The lowest BCUT2D eigenvalue weighted by Gasteiger charge is -2.17. The Hall–Kier alpha value is -2.95. The zero-order valence-corrected chi connectivity index (χ0v) is 15.3. The van der Waals surface area contributed by atoms with Crippen LogP contribution in [0.1, 0.15) is 48.4 Å². The lowest BCUT2D eigenvalue weighted by atomic mass is 10.0. The van der Waals surface area contributed by atoms with Gasteiger partial charge in [-0.2, -0.15) is 0 Å². The predicted molar refractivity (Wildman–Crippen MR) is 101 cm³/mol. The summed E-state index contributed by atoms with van der Waals surface area (Å²) >= 11 is 0. The number of rotatable bonds is 6. The van der Waals surface area contributed by atoms with Gasteiger partial charge in [0.05, 0.1) is 0 Å². The lowest BCUT2D eigenvalue weighted by Crippen LogP contribution is -2.29. The van der Waals surface area contributed by atoms with Gasteiger partial charge in [-0.3, -0.25) is 4.79 Å². The molecule has 3 rings (SSSR count). The first kappa shape index (κ1) is 17.9. The first-order chi connectivity index (χ1) is 12.5. The molecule has 3 aromatic rings. The number of hydrogen-bond donors (Lipinski definition) is 1. The Bertz CT molecular complexity index is 872. The fraction of sp³-hybridized carbons (Fsp3) is 0.286. The second kappa shape index (κ2) is 7.95. The van der Waals surface area contributed by atoms with Gasteiger partial charge in [-0.1, -0.05) is 56.3 Å². The monoisotopic (exact) mass is 349 g/mol. The molecule has 5 heteroatoms. The topological polar surface area (TPSA) is 68.0 Å². The Morgan fingerprint density at radius 1 is 1.04 bits per heavy atom. The van der Waals surface area contributed by atoms with Crippen molar-refractivity contribution in [3.05, 3.63) is 71.9 Å². The predicted octanol–water partition coefficient (Wildman–Crippen LogP) is 4.56. The molecule has 1 unspecified atom stereocenters. The van der Waals surface area contributed by atoms with Gasteiger partial charge in [0.15, 0.2) is 0 Å². The normalized spacial score (nSPS) is 12.2. The van der Waals surface area contributed by atoms with Crippen molar-refractivity contribution in [2.24, 2.45) is 5.92 Å². The van der Waals surface area contributed by atoms with Gasteiger partial charge >= 0.3 is 0 Å². The van der Waals surface area contributed by atoms with Crippen LogP contribution in [0.4, 0.5) is 0 Å².